The Morgan fingerprint density at radius 3 is 2.63 bits per heavy atom. The molecule has 1 aromatic heterocycles. The van der Waals surface area contributed by atoms with Crippen LogP contribution in [0.5, 0.6) is 5.88 Å². The molecule has 1 heterocycles. The van der Waals surface area contributed by atoms with E-state index in [1.807, 2.05) is 12.3 Å². The summed E-state index contributed by atoms with van der Waals surface area (Å²) >= 11 is 6.17. The average Bonchev–Trinajstić information content (AvgIpc) is 2.33. The summed E-state index contributed by atoms with van der Waals surface area (Å²) in [5.74, 6) is 1.25. The quantitative estimate of drug-likeness (QED) is 0.731. The summed E-state index contributed by atoms with van der Waals surface area (Å²) in [6, 6.07) is 2.37. The van der Waals surface area contributed by atoms with Gasteiger partial charge >= 0.3 is 0 Å². The van der Waals surface area contributed by atoms with E-state index in [0.29, 0.717) is 29.5 Å². The third-order valence-corrected chi connectivity index (χ3v) is 3.01. The molecular weight excluding hydrogens is 260 g/mol. The van der Waals surface area contributed by atoms with Gasteiger partial charge in [0.05, 0.1) is 6.61 Å². The van der Waals surface area contributed by atoms with Gasteiger partial charge in [-0.25, -0.2) is 4.98 Å². The molecule has 0 aliphatic heterocycles. The van der Waals surface area contributed by atoms with Crippen LogP contribution < -0.4 is 10.1 Å². The molecule has 3 nitrogen and oxygen atoms in total. The number of halogens is 1. The van der Waals surface area contributed by atoms with Crippen molar-refractivity contribution in [3.63, 3.8) is 0 Å². The normalized spacial score (nSPS) is 11.3. The van der Waals surface area contributed by atoms with Gasteiger partial charge in [-0.2, -0.15) is 0 Å². The van der Waals surface area contributed by atoms with Gasteiger partial charge in [-0.3, -0.25) is 0 Å². The maximum absolute atomic E-state index is 6.17. The van der Waals surface area contributed by atoms with Crippen LogP contribution in [0.25, 0.3) is 0 Å². The predicted molar refractivity (Wildman–Crippen MR) is 80.8 cm³/mol. The second-order valence-corrected chi connectivity index (χ2v) is 5.96. The van der Waals surface area contributed by atoms with Crippen molar-refractivity contribution in [1.82, 2.24) is 10.3 Å². The van der Waals surface area contributed by atoms with Crippen molar-refractivity contribution in [2.75, 3.05) is 6.61 Å². The zero-order valence-electron chi connectivity index (χ0n) is 12.4. The molecular formula is C15H25ClN2O. The Balaban J connectivity index is 2.43. The highest BCUT2D eigenvalue weighted by Gasteiger charge is 2.05. The number of pyridine rings is 1. The molecule has 0 spiro atoms. The van der Waals surface area contributed by atoms with Gasteiger partial charge in [-0.15, -0.1) is 0 Å². The maximum atomic E-state index is 6.17. The Kier molecular flexibility index (Phi) is 7.17. The summed E-state index contributed by atoms with van der Waals surface area (Å²) in [6.45, 7) is 10.1. The Labute approximate surface area is 121 Å². The van der Waals surface area contributed by atoms with Gasteiger partial charge in [-0.05, 0) is 30.4 Å². The van der Waals surface area contributed by atoms with E-state index in [-0.39, 0.29) is 0 Å². The smallest absolute Gasteiger partial charge is 0.232 e. The van der Waals surface area contributed by atoms with Crippen LogP contribution in [0, 0.1) is 5.92 Å². The molecule has 0 saturated heterocycles. The first kappa shape index (κ1) is 16.3. The molecule has 0 atom stereocenters. The van der Waals surface area contributed by atoms with E-state index in [2.05, 4.69) is 38.0 Å². The summed E-state index contributed by atoms with van der Waals surface area (Å²) in [7, 11) is 0. The van der Waals surface area contributed by atoms with Crippen LogP contribution in [0.15, 0.2) is 12.3 Å². The minimum Gasteiger partial charge on any atom is -0.477 e. The van der Waals surface area contributed by atoms with E-state index in [0.717, 1.165) is 24.9 Å². The summed E-state index contributed by atoms with van der Waals surface area (Å²) < 4.78 is 5.60. The zero-order chi connectivity index (χ0) is 14.3. The van der Waals surface area contributed by atoms with Gasteiger partial charge in [0.15, 0.2) is 0 Å². The molecule has 4 heteroatoms. The van der Waals surface area contributed by atoms with Crippen LogP contribution in [0.1, 0.15) is 46.1 Å². The predicted octanol–water partition coefficient (Wildman–Crippen LogP) is 4.05. The SMILES string of the molecule is CC(C)CCCOc1ncc(CNC(C)C)cc1Cl. The van der Waals surface area contributed by atoms with Crippen LogP contribution in [-0.2, 0) is 6.54 Å². The second kappa shape index (κ2) is 8.39. The second-order valence-electron chi connectivity index (χ2n) is 5.55. The van der Waals surface area contributed by atoms with Crippen molar-refractivity contribution in [2.45, 2.75) is 53.1 Å². The first-order chi connectivity index (χ1) is 8.99. The average molecular weight is 285 g/mol. The van der Waals surface area contributed by atoms with Gasteiger partial charge in [0.2, 0.25) is 5.88 Å². The van der Waals surface area contributed by atoms with Crippen molar-refractivity contribution in [2.24, 2.45) is 5.92 Å². The Bertz CT molecular complexity index is 380. The minimum absolute atomic E-state index is 0.450. The van der Waals surface area contributed by atoms with Crippen molar-refractivity contribution < 1.29 is 4.74 Å². The molecule has 0 saturated carbocycles. The lowest BCUT2D eigenvalue weighted by Gasteiger charge is -2.11. The van der Waals surface area contributed by atoms with Crippen molar-refractivity contribution in [1.29, 1.82) is 0 Å². The Morgan fingerprint density at radius 2 is 2.05 bits per heavy atom. The molecule has 0 fully saturated rings. The Morgan fingerprint density at radius 1 is 1.32 bits per heavy atom. The van der Waals surface area contributed by atoms with Crippen molar-refractivity contribution in [3.8, 4) is 5.88 Å². The van der Waals surface area contributed by atoms with E-state index in [9.17, 15) is 0 Å². The van der Waals surface area contributed by atoms with Crippen LogP contribution in [0.3, 0.4) is 0 Å². The Hall–Kier alpha value is -0.800. The molecule has 1 rings (SSSR count). The first-order valence-corrected chi connectivity index (χ1v) is 7.37. The molecule has 0 radical (unpaired) electrons. The summed E-state index contributed by atoms with van der Waals surface area (Å²) in [5.41, 5.74) is 1.08. The molecule has 108 valence electrons. The summed E-state index contributed by atoms with van der Waals surface area (Å²) in [5, 5.41) is 3.92. The first-order valence-electron chi connectivity index (χ1n) is 6.99. The van der Waals surface area contributed by atoms with Gasteiger partial charge in [-0.1, -0.05) is 39.3 Å². The number of nitrogens with one attached hydrogen (secondary N) is 1. The number of rotatable bonds is 8. The highest BCUT2D eigenvalue weighted by molar-refractivity contribution is 6.31. The fourth-order valence-electron chi connectivity index (χ4n) is 1.65. The monoisotopic (exact) mass is 284 g/mol. The van der Waals surface area contributed by atoms with Crippen molar-refractivity contribution >= 4 is 11.6 Å². The third kappa shape index (κ3) is 6.79. The van der Waals surface area contributed by atoms with Crippen LogP contribution in [0.4, 0.5) is 0 Å². The van der Waals surface area contributed by atoms with E-state index in [4.69, 9.17) is 16.3 Å². The van der Waals surface area contributed by atoms with Crippen LogP contribution in [-0.4, -0.2) is 17.6 Å². The topological polar surface area (TPSA) is 34.1 Å². The molecule has 0 bridgehead atoms. The molecule has 19 heavy (non-hydrogen) atoms. The van der Waals surface area contributed by atoms with E-state index in [1.54, 1.807) is 0 Å². The van der Waals surface area contributed by atoms with Crippen LogP contribution in [0.2, 0.25) is 5.02 Å². The van der Waals surface area contributed by atoms with Crippen molar-refractivity contribution in [3.05, 3.63) is 22.8 Å². The molecule has 1 N–H and O–H groups in total. The molecule has 0 aliphatic rings. The van der Waals surface area contributed by atoms with Gasteiger partial charge in [0, 0.05) is 18.8 Å². The fraction of sp³-hybridized carbons (Fsp3) is 0.667. The van der Waals surface area contributed by atoms with Gasteiger partial charge in [0.25, 0.3) is 0 Å². The lowest BCUT2D eigenvalue weighted by atomic mass is 10.1. The minimum atomic E-state index is 0.450. The molecule has 0 amide bonds. The maximum Gasteiger partial charge on any atom is 0.232 e. The zero-order valence-corrected chi connectivity index (χ0v) is 13.1. The number of nitrogens with zero attached hydrogens (tertiary/aromatic N) is 1. The summed E-state index contributed by atoms with van der Waals surface area (Å²) in [6.07, 6.45) is 4.01. The third-order valence-electron chi connectivity index (χ3n) is 2.74. The fourth-order valence-corrected chi connectivity index (χ4v) is 1.89. The number of aromatic nitrogens is 1. The van der Waals surface area contributed by atoms with E-state index < -0.39 is 0 Å². The summed E-state index contributed by atoms with van der Waals surface area (Å²) in [4.78, 5) is 4.28. The highest BCUT2D eigenvalue weighted by Crippen LogP contribution is 2.22. The number of hydrogen-bond acceptors (Lipinski definition) is 3. The van der Waals surface area contributed by atoms with Gasteiger partial charge < -0.3 is 10.1 Å². The largest absolute Gasteiger partial charge is 0.477 e. The standard InChI is InChI=1S/C15H25ClN2O/c1-11(2)6-5-7-19-15-14(16)8-13(10-18-15)9-17-12(3)4/h8,10-12,17H,5-7,9H2,1-4H3. The van der Waals surface area contributed by atoms with E-state index >= 15 is 0 Å². The lowest BCUT2D eigenvalue weighted by Crippen LogP contribution is -2.21. The van der Waals surface area contributed by atoms with Gasteiger partial charge in [0.1, 0.15) is 5.02 Å². The molecule has 0 aromatic carbocycles. The molecule has 0 unspecified atom stereocenters. The number of ether oxygens (including phenoxy) is 1. The highest BCUT2D eigenvalue weighted by atomic mass is 35.5. The molecule has 1 aromatic rings. The number of hydrogen-bond donors (Lipinski definition) is 1. The molecule has 0 aliphatic carbocycles. The van der Waals surface area contributed by atoms with Crippen LogP contribution >= 0.6 is 11.6 Å². The van der Waals surface area contributed by atoms with E-state index in [1.165, 1.54) is 0 Å². The lowest BCUT2D eigenvalue weighted by molar-refractivity contribution is 0.287.